The monoisotopic (exact) mass is 277 g/mol. The van der Waals surface area contributed by atoms with Gasteiger partial charge in [0.25, 0.3) is 0 Å². The molecule has 0 saturated heterocycles. The summed E-state index contributed by atoms with van der Waals surface area (Å²) < 4.78 is 5.58. The van der Waals surface area contributed by atoms with Crippen LogP contribution in [0.25, 0.3) is 0 Å². The number of ether oxygens (including phenoxy) is 1. The maximum atomic E-state index is 11.5. The van der Waals surface area contributed by atoms with E-state index in [0.29, 0.717) is 31.1 Å². The summed E-state index contributed by atoms with van der Waals surface area (Å²) in [4.78, 5) is 11.5. The Hall–Kier alpha value is -1.91. The van der Waals surface area contributed by atoms with Gasteiger partial charge in [-0.3, -0.25) is 4.79 Å². The molecule has 1 aliphatic carbocycles. The molecule has 20 heavy (non-hydrogen) atoms. The fraction of sp³-hybridized carbons (Fsp3) is 0.533. The second kappa shape index (κ2) is 7.03. The molecule has 2 rings (SSSR count). The topological polar surface area (TPSA) is 76.4 Å². The van der Waals surface area contributed by atoms with Crippen molar-refractivity contribution in [3.8, 4) is 5.75 Å². The molecule has 4 N–H and O–H groups in total. The molecule has 1 amide bonds. The number of benzene rings is 1. The van der Waals surface area contributed by atoms with Crippen LogP contribution in [0.5, 0.6) is 5.75 Å². The molecular weight excluding hydrogens is 254 g/mol. The van der Waals surface area contributed by atoms with Crippen molar-refractivity contribution < 1.29 is 9.53 Å². The van der Waals surface area contributed by atoms with Crippen LogP contribution in [-0.2, 0) is 4.79 Å². The molecule has 1 aromatic rings. The number of hydrogen-bond acceptors (Lipinski definition) is 4. The Morgan fingerprint density at radius 3 is 2.90 bits per heavy atom. The highest BCUT2D eigenvalue weighted by Crippen LogP contribution is 2.28. The summed E-state index contributed by atoms with van der Waals surface area (Å²) in [6.07, 6.45) is 3.02. The van der Waals surface area contributed by atoms with Crippen LogP contribution in [0.15, 0.2) is 18.2 Å². The molecule has 0 radical (unpaired) electrons. The highest BCUT2D eigenvalue weighted by atomic mass is 16.5. The zero-order valence-electron chi connectivity index (χ0n) is 11.9. The lowest BCUT2D eigenvalue weighted by Crippen LogP contribution is -2.29. The van der Waals surface area contributed by atoms with Crippen molar-refractivity contribution in [3.05, 3.63) is 18.2 Å². The van der Waals surface area contributed by atoms with Gasteiger partial charge in [-0.15, -0.1) is 0 Å². The Morgan fingerprint density at radius 2 is 2.20 bits per heavy atom. The van der Waals surface area contributed by atoms with Gasteiger partial charge in [-0.05, 0) is 31.4 Å². The second-order valence-corrected chi connectivity index (χ2v) is 5.09. The van der Waals surface area contributed by atoms with Crippen LogP contribution in [0.2, 0.25) is 0 Å². The van der Waals surface area contributed by atoms with Gasteiger partial charge in [0, 0.05) is 30.8 Å². The summed E-state index contributed by atoms with van der Waals surface area (Å²) in [5.41, 5.74) is 7.45. The van der Waals surface area contributed by atoms with Gasteiger partial charge in [-0.1, -0.05) is 6.92 Å². The minimum Gasteiger partial charge on any atom is -0.491 e. The van der Waals surface area contributed by atoms with E-state index < -0.39 is 0 Å². The largest absolute Gasteiger partial charge is 0.491 e. The van der Waals surface area contributed by atoms with Crippen molar-refractivity contribution in [2.45, 2.75) is 26.2 Å². The first-order valence-electron chi connectivity index (χ1n) is 7.24. The third kappa shape index (κ3) is 4.33. The number of nitrogens with two attached hydrogens (primary N) is 1. The van der Waals surface area contributed by atoms with Gasteiger partial charge in [0.1, 0.15) is 5.75 Å². The van der Waals surface area contributed by atoms with Gasteiger partial charge in [0.05, 0.1) is 12.3 Å². The molecule has 0 unspecified atom stereocenters. The number of anilines is 2. The Bertz CT molecular complexity index is 458. The van der Waals surface area contributed by atoms with Crippen LogP contribution in [0, 0.1) is 5.92 Å². The molecule has 1 fully saturated rings. The second-order valence-electron chi connectivity index (χ2n) is 5.09. The van der Waals surface area contributed by atoms with Crippen LogP contribution in [-0.4, -0.2) is 25.6 Å². The molecule has 110 valence electrons. The smallest absolute Gasteiger partial charge is 0.223 e. The van der Waals surface area contributed by atoms with Gasteiger partial charge in [0.15, 0.2) is 0 Å². The highest BCUT2D eigenvalue weighted by Gasteiger charge is 2.28. The number of amides is 1. The SMILES string of the molecule is CCCOc1cc(NCCNC(=O)C2CC2)ccc1N. The first-order valence-corrected chi connectivity index (χ1v) is 7.24. The maximum Gasteiger partial charge on any atom is 0.223 e. The molecule has 5 heteroatoms. The molecule has 0 heterocycles. The van der Waals surface area contributed by atoms with Crippen molar-refractivity contribution in [3.63, 3.8) is 0 Å². The lowest BCUT2D eigenvalue weighted by molar-refractivity contribution is -0.122. The van der Waals surface area contributed by atoms with E-state index in [1.807, 2.05) is 18.2 Å². The van der Waals surface area contributed by atoms with Gasteiger partial charge in [-0.25, -0.2) is 0 Å². The van der Waals surface area contributed by atoms with Crippen LogP contribution in [0.1, 0.15) is 26.2 Å². The van der Waals surface area contributed by atoms with E-state index in [-0.39, 0.29) is 11.8 Å². The van der Waals surface area contributed by atoms with E-state index in [1.165, 1.54) is 0 Å². The molecule has 0 bridgehead atoms. The number of rotatable bonds is 8. The van der Waals surface area contributed by atoms with Gasteiger partial charge in [0.2, 0.25) is 5.91 Å². The minimum atomic E-state index is 0.177. The average Bonchev–Trinajstić information content (AvgIpc) is 3.28. The minimum absolute atomic E-state index is 0.177. The van der Waals surface area contributed by atoms with E-state index in [1.54, 1.807) is 0 Å². The number of hydrogen-bond donors (Lipinski definition) is 3. The molecule has 1 aliphatic rings. The van der Waals surface area contributed by atoms with Crippen LogP contribution in [0.3, 0.4) is 0 Å². The first kappa shape index (κ1) is 14.5. The third-order valence-corrected chi connectivity index (χ3v) is 3.18. The zero-order valence-corrected chi connectivity index (χ0v) is 11.9. The summed E-state index contributed by atoms with van der Waals surface area (Å²) in [6, 6.07) is 5.64. The number of nitrogen functional groups attached to an aromatic ring is 1. The van der Waals surface area contributed by atoms with Crippen molar-refractivity contribution in [1.82, 2.24) is 5.32 Å². The van der Waals surface area contributed by atoms with Crippen molar-refractivity contribution >= 4 is 17.3 Å². The van der Waals surface area contributed by atoms with Gasteiger partial charge in [-0.2, -0.15) is 0 Å². The maximum absolute atomic E-state index is 11.5. The summed E-state index contributed by atoms with van der Waals surface area (Å²) in [5, 5.41) is 6.17. The zero-order chi connectivity index (χ0) is 14.4. The molecule has 0 atom stereocenters. The Labute approximate surface area is 119 Å². The van der Waals surface area contributed by atoms with Crippen molar-refractivity contribution in [2.24, 2.45) is 5.92 Å². The molecule has 0 aliphatic heterocycles. The fourth-order valence-corrected chi connectivity index (χ4v) is 1.86. The Balaban J connectivity index is 1.75. The lowest BCUT2D eigenvalue weighted by atomic mass is 10.2. The quantitative estimate of drug-likeness (QED) is 0.502. The van der Waals surface area contributed by atoms with Crippen molar-refractivity contribution in [2.75, 3.05) is 30.7 Å². The van der Waals surface area contributed by atoms with Crippen LogP contribution in [0.4, 0.5) is 11.4 Å². The summed E-state index contributed by atoms with van der Waals surface area (Å²) >= 11 is 0. The third-order valence-electron chi connectivity index (χ3n) is 3.18. The molecule has 0 spiro atoms. The number of carbonyl (C=O) groups is 1. The fourth-order valence-electron chi connectivity index (χ4n) is 1.86. The predicted molar refractivity (Wildman–Crippen MR) is 80.9 cm³/mol. The van der Waals surface area contributed by atoms with Gasteiger partial charge >= 0.3 is 0 Å². The molecule has 0 aromatic heterocycles. The average molecular weight is 277 g/mol. The van der Waals surface area contributed by atoms with E-state index in [2.05, 4.69) is 17.6 Å². The standard InChI is InChI=1S/C15H23N3O2/c1-2-9-20-14-10-12(5-6-13(14)16)17-7-8-18-15(19)11-3-4-11/h5-6,10-11,17H,2-4,7-9,16H2,1H3,(H,18,19). The molecule has 5 nitrogen and oxygen atoms in total. The summed E-state index contributed by atoms with van der Waals surface area (Å²) in [7, 11) is 0. The van der Waals surface area contributed by atoms with Crippen LogP contribution >= 0.6 is 0 Å². The molecule has 1 aromatic carbocycles. The molecular formula is C15H23N3O2. The lowest BCUT2D eigenvalue weighted by Gasteiger charge is -2.12. The number of nitrogens with one attached hydrogen (secondary N) is 2. The van der Waals surface area contributed by atoms with Crippen molar-refractivity contribution in [1.29, 1.82) is 0 Å². The summed E-state index contributed by atoms with van der Waals surface area (Å²) in [5.74, 6) is 1.15. The van der Waals surface area contributed by atoms with E-state index >= 15 is 0 Å². The first-order chi connectivity index (χ1) is 9.70. The van der Waals surface area contributed by atoms with E-state index in [4.69, 9.17) is 10.5 Å². The van der Waals surface area contributed by atoms with Gasteiger partial charge < -0.3 is 21.1 Å². The molecule has 1 saturated carbocycles. The number of carbonyl (C=O) groups excluding carboxylic acids is 1. The normalized spacial score (nSPS) is 13.8. The predicted octanol–water partition coefficient (Wildman–Crippen LogP) is 2.00. The highest BCUT2D eigenvalue weighted by molar-refractivity contribution is 5.80. The van der Waals surface area contributed by atoms with Crippen LogP contribution < -0.4 is 21.1 Å². The Morgan fingerprint density at radius 1 is 1.40 bits per heavy atom. The Kier molecular flexibility index (Phi) is 5.09. The van der Waals surface area contributed by atoms with E-state index in [0.717, 1.165) is 24.9 Å². The summed E-state index contributed by atoms with van der Waals surface area (Å²) in [6.45, 7) is 4.03. The van der Waals surface area contributed by atoms with E-state index in [9.17, 15) is 4.79 Å².